The van der Waals surface area contributed by atoms with Gasteiger partial charge in [0.25, 0.3) is 5.91 Å². The Morgan fingerprint density at radius 1 is 1.06 bits per heavy atom. The van der Waals surface area contributed by atoms with Crippen molar-refractivity contribution < 1.29 is 34.2 Å². The first-order valence-corrected chi connectivity index (χ1v) is 18.1. The van der Waals surface area contributed by atoms with Crippen LogP contribution in [0.15, 0.2) is 16.8 Å². The molecule has 4 aliphatic carbocycles. The standard InChI is InChI=1S/C38H57N3O7/c1-8-38(46)17-13-29-27-10-9-25-19-26(11-15-36(25,6)28(27)12-16-37(29,38)7)41-48-22-31(42)40-33(23(2)3)34(45)39-30(20-32(43)44)24-14-18-47-35(4,5)21-24/h1,19,23-24,27-30,33,46H,9-18,20-22H2,2-7H3,(H,39,45)(H,40,42)(H,43,44)/b41-26-/t24-,27-,28+,29+,30+,33+,36+,37+,38-/m1/s1. The number of carboxylic acid groups (broad SMARTS) is 1. The number of allylic oxidation sites excluding steroid dienone is 2. The summed E-state index contributed by atoms with van der Waals surface area (Å²) in [6.45, 7) is 12.4. The molecule has 3 saturated carbocycles. The van der Waals surface area contributed by atoms with Crippen LogP contribution < -0.4 is 10.6 Å². The Kier molecular flexibility index (Phi) is 10.4. The molecule has 5 rings (SSSR count). The number of carbonyl (C=O) groups is 3. The molecule has 4 fully saturated rings. The van der Waals surface area contributed by atoms with Crippen molar-refractivity contribution >= 4 is 23.5 Å². The molecule has 4 N–H and O–H groups in total. The third-order valence-electron chi connectivity index (χ3n) is 13.0. The number of oxime groups is 1. The van der Waals surface area contributed by atoms with Crippen LogP contribution in [0.4, 0.5) is 0 Å². The molecule has 0 spiro atoms. The van der Waals surface area contributed by atoms with Crippen LogP contribution in [0.3, 0.4) is 0 Å². The van der Waals surface area contributed by atoms with E-state index in [1.807, 2.05) is 27.7 Å². The fraction of sp³-hybridized carbons (Fsp3) is 0.789. The predicted molar refractivity (Wildman–Crippen MR) is 183 cm³/mol. The van der Waals surface area contributed by atoms with E-state index >= 15 is 0 Å². The van der Waals surface area contributed by atoms with E-state index in [-0.39, 0.29) is 35.7 Å². The lowest BCUT2D eigenvalue weighted by molar-refractivity contribution is -0.140. The highest BCUT2D eigenvalue weighted by molar-refractivity contribution is 5.96. The van der Waals surface area contributed by atoms with E-state index in [2.05, 4.69) is 41.6 Å². The molecule has 0 bridgehead atoms. The topological polar surface area (TPSA) is 147 Å². The second kappa shape index (κ2) is 13.8. The zero-order valence-corrected chi connectivity index (χ0v) is 29.8. The van der Waals surface area contributed by atoms with Crippen LogP contribution >= 0.6 is 0 Å². The van der Waals surface area contributed by atoms with Crippen molar-refractivity contribution in [1.29, 1.82) is 0 Å². The number of carboxylic acids is 1. The first-order chi connectivity index (χ1) is 22.5. The van der Waals surface area contributed by atoms with Gasteiger partial charge in [-0.05, 0) is 119 Å². The van der Waals surface area contributed by atoms with E-state index in [1.54, 1.807) is 0 Å². The van der Waals surface area contributed by atoms with Crippen LogP contribution in [0.25, 0.3) is 0 Å². The van der Waals surface area contributed by atoms with Crippen LogP contribution in [-0.4, -0.2) is 70.2 Å². The van der Waals surface area contributed by atoms with Gasteiger partial charge < -0.3 is 30.4 Å². The Hall–Kier alpha value is -2.90. The second-order valence-corrected chi connectivity index (χ2v) is 16.7. The largest absolute Gasteiger partial charge is 0.481 e. The maximum atomic E-state index is 13.4. The Labute approximate surface area is 286 Å². The van der Waals surface area contributed by atoms with Crippen molar-refractivity contribution in [2.45, 2.75) is 135 Å². The Morgan fingerprint density at radius 3 is 2.46 bits per heavy atom. The molecule has 0 aromatic rings. The molecule has 1 saturated heterocycles. The quantitative estimate of drug-likeness (QED) is 0.190. The number of terminal acetylenes is 1. The molecular weight excluding hydrogens is 610 g/mol. The molecule has 5 aliphatic rings. The summed E-state index contributed by atoms with van der Waals surface area (Å²) in [5, 5.41) is 30.9. The molecule has 0 aromatic heterocycles. The molecule has 0 aromatic carbocycles. The summed E-state index contributed by atoms with van der Waals surface area (Å²) in [6, 6.07) is -1.42. The Balaban J connectivity index is 1.17. The van der Waals surface area contributed by atoms with Crippen molar-refractivity contribution in [2.75, 3.05) is 13.2 Å². The van der Waals surface area contributed by atoms with Crippen molar-refractivity contribution in [3.63, 3.8) is 0 Å². The number of fused-ring (bicyclic) bond motifs is 5. The van der Waals surface area contributed by atoms with E-state index in [0.29, 0.717) is 43.6 Å². The average Bonchev–Trinajstić information content (AvgIpc) is 3.29. The highest BCUT2D eigenvalue weighted by Crippen LogP contribution is 2.67. The summed E-state index contributed by atoms with van der Waals surface area (Å²) in [6.07, 6.45) is 16.6. The van der Waals surface area contributed by atoms with Gasteiger partial charge in [-0.25, -0.2) is 0 Å². The lowest BCUT2D eigenvalue weighted by atomic mass is 9.46. The third-order valence-corrected chi connectivity index (χ3v) is 13.0. The van der Waals surface area contributed by atoms with Gasteiger partial charge in [-0.1, -0.05) is 44.3 Å². The number of aliphatic hydroxyl groups is 1. The van der Waals surface area contributed by atoms with E-state index in [0.717, 1.165) is 50.7 Å². The minimum atomic E-state index is -1.00. The number of amides is 2. The second-order valence-electron chi connectivity index (χ2n) is 16.7. The molecular formula is C38H57N3O7. The molecule has 2 amide bonds. The van der Waals surface area contributed by atoms with Gasteiger partial charge >= 0.3 is 5.97 Å². The number of nitrogens with zero attached hydrogens (tertiary/aromatic N) is 1. The van der Waals surface area contributed by atoms with Gasteiger partial charge in [0.2, 0.25) is 5.91 Å². The summed E-state index contributed by atoms with van der Waals surface area (Å²) in [5.41, 5.74) is 0.689. The summed E-state index contributed by atoms with van der Waals surface area (Å²) in [4.78, 5) is 43.5. The number of aliphatic carboxylic acids is 1. The minimum Gasteiger partial charge on any atom is -0.481 e. The zero-order valence-electron chi connectivity index (χ0n) is 29.8. The molecule has 10 nitrogen and oxygen atoms in total. The van der Waals surface area contributed by atoms with Gasteiger partial charge in [-0.3, -0.25) is 14.4 Å². The van der Waals surface area contributed by atoms with Crippen LogP contribution in [0, 0.1) is 52.8 Å². The molecule has 10 heteroatoms. The number of carbonyl (C=O) groups excluding carboxylic acids is 2. The Bertz CT molecular complexity index is 1370. The van der Waals surface area contributed by atoms with Gasteiger partial charge in [-0.2, -0.15) is 0 Å². The van der Waals surface area contributed by atoms with Gasteiger partial charge in [0, 0.05) is 18.1 Å². The first-order valence-electron chi connectivity index (χ1n) is 18.1. The normalized spacial score (nSPS) is 37.6. The number of rotatable bonds is 10. The van der Waals surface area contributed by atoms with Crippen LogP contribution in [0.5, 0.6) is 0 Å². The number of hydrogen-bond acceptors (Lipinski definition) is 7. The molecule has 1 aliphatic heterocycles. The summed E-state index contributed by atoms with van der Waals surface area (Å²) in [5.74, 6) is 2.19. The van der Waals surface area contributed by atoms with E-state index in [4.69, 9.17) is 16.0 Å². The van der Waals surface area contributed by atoms with Gasteiger partial charge in [0.1, 0.15) is 11.6 Å². The molecule has 0 radical (unpaired) electrons. The first kappa shape index (κ1) is 36.4. The summed E-state index contributed by atoms with van der Waals surface area (Å²) in [7, 11) is 0. The zero-order chi connectivity index (χ0) is 35.1. The van der Waals surface area contributed by atoms with Gasteiger partial charge in [-0.15, -0.1) is 6.42 Å². The third kappa shape index (κ3) is 7.05. The number of nitrogens with one attached hydrogen (secondary N) is 2. The average molecular weight is 668 g/mol. The summed E-state index contributed by atoms with van der Waals surface area (Å²) < 4.78 is 5.80. The molecule has 9 atom stereocenters. The monoisotopic (exact) mass is 667 g/mol. The maximum Gasteiger partial charge on any atom is 0.305 e. The van der Waals surface area contributed by atoms with Crippen molar-refractivity contribution in [1.82, 2.24) is 10.6 Å². The number of ether oxygens (including phenoxy) is 1. The van der Waals surface area contributed by atoms with Gasteiger partial charge in [0.15, 0.2) is 6.61 Å². The SMILES string of the molecule is C#C[C@@]1(O)CC[C@H]2[C@@H]3CCC4=C/C(=N\OCC(=O)N[C@H](C(=O)N[C@@H](CC(=O)O)[C@@H]5CCOC(C)(C)C5)C(C)C)CC[C@]4(C)[C@H]3CC[C@@]21C. The number of hydrogen-bond donors (Lipinski definition) is 4. The maximum absolute atomic E-state index is 13.4. The lowest BCUT2D eigenvalue weighted by Crippen LogP contribution is -2.55. The molecule has 1 heterocycles. The fourth-order valence-electron chi connectivity index (χ4n) is 10.2. The van der Waals surface area contributed by atoms with E-state index in [9.17, 15) is 24.6 Å². The fourth-order valence-corrected chi connectivity index (χ4v) is 10.2. The predicted octanol–water partition coefficient (Wildman–Crippen LogP) is 4.99. The van der Waals surface area contributed by atoms with Crippen molar-refractivity contribution in [3.8, 4) is 12.3 Å². The molecule has 0 unspecified atom stereocenters. The van der Waals surface area contributed by atoms with E-state index in [1.165, 1.54) is 5.57 Å². The molecule has 266 valence electrons. The summed E-state index contributed by atoms with van der Waals surface area (Å²) >= 11 is 0. The lowest BCUT2D eigenvalue weighted by Gasteiger charge is -2.58. The van der Waals surface area contributed by atoms with Gasteiger partial charge in [0.05, 0.1) is 17.7 Å². The Morgan fingerprint density at radius 2 is 1.79 bits per heavy atom. The van der Waals surface area contributed by atoms with Crippen LogP contribution in [0.2, 0.25) is 0 Å². The van der Waals surface area contributed by atoms with E-state index < -0.39 is 41.1 Å². The highest BCUT2D eigenvalue weighted by atomic mass is 16.6. The van der Waals surface area contributed by atoms with Crippen molar-refractivity contribution in [2.24, 2.45) is 45.6 Å². The van der Waals surface area contributed by atoms with Crippen LogP contribution in [0.1, 0.15) is 112 Å². The van der Waals surface area contributed by atoms with Crippen molar-refractivity contribution in [3.05, 3.63) is 11.6 Å². The molecule has 48 heavy (non-hydrogen) atoms. The minimum absolute atomic E-state index is 0.0486. The smallest absolute Gasteiger partial charge is 0.305 e. The highest BCUT2D eigenvalue weighted by Gasteiger charge is 2.63. The van der Waals surface area contributed by atoms with Crippen LogP contribution in [-0.2, 0) is 24.0 Å².